The first-order valence-electron chi connectivity index (χ1n) is 9.99. The fourth-order valence-electron chi connectivity index (χ4n) is 2.73. The summed E-state index contributed by atoms with van der Waals surface area (Å²) in [6, 6.07) is 19.7. The Morgan fingerprint density at radius 3 is 2.45 bits per heavy atom. The molecule has 0 aliphatic carbocycles. The Kier molecular flexibility index (Phi) is 8.86. The second-order valence-corrected chi connectivity index (χ2v) is 7.99. The van der Waals surface area contributed by atoms with Crippen LogP contribution in [0.15, 0.2) is 76.3 Å². The van der Waals surface area contributed by atoms with Gasteiger partial charge in [0.25, 0.3) is 0 Å². The van der Waals surface area contributed by atoms with Crippen LogP contribution >= 0.6 is 27.5 Å². The molecule has 3 aromatic rings. The first kappa shape index (κ1) is 24.3. The van der Waals surface area contributed by atoms with Gasteiger partial charge in [-0.15, -0.1) is 0 Å². The summed E-state index contributed by atoms with van der Waals surface area (Å²) in [6.07, 6.45) is 1.40. The van der Waals surface area contributed by atoms with Crippen molar-refractivity contribution in [3.05, 3.63) is 87.4 Å². The minimum absolute atomic E-state index is 0.381. The van der Waals surface area contributed by atoms with Gasteiger partial charge in [0.05, 0.1) is 17.3 Å². The molecule has 0 radical (unpaired) electrons. The van der Waals surface area contributed by atoms with E-state index >= 15 is 0 Å². The molecule has 3 aromatic carbocycles. The number of hydrazone groups is 1. The van der Waals surface area contributed by atoms with Gasteiger partial charge in [0.1, 0.15) is 6.61 Å². The molecule has 0 fully saturated rings. The van der Waals surface area contributed by atoms with Gasteiger partial charge in [-0.05, 0) is 70.4 Å². The van der Waals surface area contributed by atoms with E-state index in [1.807, 2.05) is 37.3 Å². The third-order valence-electron chi connectivity index (χ3n) is 4.25. The summed E-state index contributed by atoms with van der Waals surface area (Å²) in [5.74, 6) is -0.677. The van der Waals surface area contributed by atoms with E-state index in [1.165, 1.54) is 6.21 Å². The van der Waals surface area contributed by atoms with Gasteiger partial charge in [-0.25, -0.2) is 5.43 Å². The smallest absolute Gasteiger partial charge is 0.329 e. The Hall–Kier alpha value is -3.36. The first-order valence-corrected chi connectivity index (χ1v) is 11.2. The average Bonchev–Trinajstić information content (AvgIpc) is 2.81. The van der Waals surface area contributed by atoms with E-state index in [4.69, 9.17) is 21.1 Å². The van der Waals surface area contributed by atoms with Crippen LogP contribution in [0.25, 0.3) is 0 Å². The van der Waals surface area contributed by atoms with E-state index < -0.39 is 11.8 Å². The van der Waals surface area contributed by atoms with E-state index in [0.717, 1.165) is 5.56 Å². The van der Waals surface area contributed by atoms with Crippen LogP contribution in [0.2, 0.25) is 5.02 Å². The number of ether oxygens (including phenoxy) is 2. The molecule has 9 heteroatoms. The topological polar surface area (TPSA) is 89.0 Å². The van der Waals surface area contributed by atoms with Crippen LogP contribution in [0.1, 0.15) is 18.1 Å². The number of rotatable bonds is 8. The van der Waals surface area contributed by atoms with Gasteiger partial charge < -0.3 is 14.8 Å². The number of carbonyl (C=O) groups is 2. The third-order valence-corrected chi connectivity index (χ3v) is 5.09. The highest BCUT2D eigenvalue weighted by atomic mass is 79.9. The molecule has 0 aliphatic rings. The van der Waals surface area contributed by atoms with Crippen LogP contribution in [0.5, 0.6) is 11.5 Å². The molecule has 0 atom stereocenters. The number of carbonyl (C=O) groups excluding carboxylic acids is 2. The van der Waals surface area contributed by atoms with Gasteiger partial charge in [-0.1, -0.05) is 41.9 Å². The lowest BCUT2D eigenvalue weighted by molar-refractivity contribution is -0.136. The molecule has 0 saturated heterocycles. The second kappa shape index (κ2) is 12.0. The van der Waals surface area contributed by atoms with E-state index in [9.17, 15) is 9.59 Å². The predicted molar refractivity (Wildman–Crippen MR) is 132 cm³/mol. The highest BCUT2D eigenvalue weighted by Gasteiger charge is 2.14. The standard InChI is InChI=1S/C24H21BrClN3O4/c1-2-32-21-13-17(12-20(25)22(21)33-15-16-6-4-3-5-7-16)14-27-29-24(31)23(30)28-19-10-8-18(26)9-11-19/h3-14H,2,15H2,1H3,(H,28,30)(H,29,31)/b27-14+. The molecule has 0 saturated carbocycles. The summed E-state index contributed by atoms with van der Waals surface area (Å²) >= 11 is 9.30. The average molecular weight is 531 g/mol. The molecule has 170 valence electrons. The van der Waals surface area contributed by atoms with Crippen LogP contribution in [-0.4, -0.2) is 24.6 Å². The summed E-state index contributed by atoms with van der Waals surface area (Å²) < 4.78 is 12.3. The molecule has 0 bridgehead atoms. The Balaban J connectivity index is 1.63. The van der Waals surface area contributed by atoms with E-state index in [2.05, 4.69) is 31.8 Å². The van der Waals surface area contributed by atoms with Crippen LogP contribution < -0.4 is 20.2 Å². The van der Waals surface area contributed by atoms with E-state index in [1.54, 1.807) is 36.4 Å². The Morgan fingerprint density at radius 2 is 1.76 bits per heavy atom. The SMILES string of the molecule is CCOc1cc(/C=N/NC(=O)C(=O)Nc2ccc(Cl)cc2)cc(Br)c1OCc1ccccc1. The van der Waals surface area contributed by atoms with Crippen molar-refractivity contribution in [1.29, 1.82) is 0 Å². The number of nitrogens with one attached hydrogen (secondary N) is 2. The largest absolute Gasteiger partial charge is 0.490 e. The number of nitrogens with zero attached hydrogens (tertiary/aromatic N) is 1. The predicted octanol–water partition coefficient (Wildman–Crippen LogP) is 5.17. The number of anilines is 1. The quantitative estimate of drug-likeness (QED) is 0.239. The molecule has 0 aromatic heterocycles. The van der Waals surface area contributed by atoms with Crippen molar-refractivity contribution in [3.8, 4) is 11.5 Å². The summed E-state index contributed by atoms with van der Waals surface area (Å²) in [5, 5.41) is 6.84. The van der Waals surface area contributed by atoms with Crippen LogP contribution in [0, 0.1) is 0 Å². The van der Waals surface area contributed by atoms with Gasteiger partial charge in [0.2, 0.25) is 0 Å². The van der Waals surface area contributed by atoms with E-state index in [0.29, 0.717) is 45.5 Å². The number of benzene rings is 3. The molecule has 2 amide bonds. The highest BCUT2D eigenvalue weighted by molar-refractivity contribution is 9.10. The maximum absolute atomic E-state index is 12.0. The molecule has 7 nitrogen and oxygen atoms in total. The number of hydrogen-bond donors (Lipinski definition) is 2. The van der Waals surface area contributed by atoms with Crippen molar-refractivity contribution in [2.24, 2.45) is 5.10 Å². The molecular weight excluding hydrogens is 510 g/mol. The molecule has 2 N–H and O–H groups in total. The highest BCUT2D eigenvalue weighted by Crippen LogP contribution is 2.37. The maximum atomic E-state index is 12.0. The molecule has 3 rings (SSSR count). The van der Waals surface area contributed by atoms with E-state index in [-0.39, 0.29) is 0 Å². The number of amides is 2. The Morgan fingerprint density at radius 1 is 1.03 bits per heavy atom. The Bertz CT molecular complexity index is 1140. The van der Waals surface area contributed by atoms with Crippen LogP contribution in [0.3, 0.4) is 0 Å². The third kappa shape index (κ3) is 7.34. The lowest BCUT2D eigenvalue weighted by Gasteiger charge is -2.14. The maximum Gasteiger partial charge on any atom is 0.329 e. The lowest BCUT2D eigenvalue weighted by atomic mass is 10.2. The zero-order chi connectivity index (χ0) is 23.6. The minimum atomic E-state index is -0.909. The molecule has 0 unspecified atom stereocenters. The fraction of sp³-hybridized carbons (Fsp3) is 0.125. The second-order valence-electron chi connectivity index (χ2n) is 6.70. The zero-order valence-electron chi connectivity index (χ0n) is 17.7. The summed E-state index contributed by atoms with van der Waals surface area (Å²) in [6.45, 7) is 2.69. The summed E-state index contributed by atoms with van der Waals surface area (Å²) in [5.41, 5.74) is 4.30. The van der Waals surface area contributed by atoms with Crippen LogP contribution in [-0.2, 0) is 16.2 Å². The van der Waals surface area contributed by atoms with Crippen molar-refractivity contribution < 1.29 is 19.1 Å². The van der Waals surface area contributed by atoms with Crippen molar-refractivity contribution in [3.63, 3.8) is 0 Å². The first-order chi connectivity index (χ1) is 16.0. The van der Waals surface area contributed by atoms with Crippen molar-refractivity contribution >= 4 is 51.2 Å². The van der Waals surface area contributed by atoms with Gasteiger partial charge in [-0.2, -0.15) is 5.10 Å². The van der Waals surface area contributed by atoms with Crippen LogP contribution in [0.4, 0.5) is 5.69 Å². The lowest BCUT2D eigenvalue weighted by Crippen LogP contribution is -2.32. The minimum Gasteiger partial charge on any atom is -0.490 e. The van der Waals surface area contributed by atoms with Crippen molar-refractivity contribution in [2.75, 3.05) is 11.9 Å². The molecular formula is C24H21BrClN3O4. The molecule has 0 heterocycles. The van der Waals surface area contributed by atoms with Gasteiger partial charge in [0.15, 0.2) is 11.5 Å². The molecule has 0 spiro atoms. The normalized spacial score (nSPS) is 10.6. The number of hydrogen-bond acceptors (Lipinski definition) is 5. The zero-order valence-corrected chi connectivity index (χ0v) is 20.0. The summed E-state index contributed by atoms with van der Waals surface area (Å²) in [7, 11) is 0. The number of halogens is 2. The Labute approximate surface area is 204 Å². The van der Waals surface area contributed by atoms with Gasteiger partial charge in [0, 0.05) is 10.7 Å². The molecule has 0 aliphatic heterocycles. The molecule has 33 heavy (non-hydrogen) atoms. The monoisotopic (exact) mass is 529 g/mol. The van der Waals surface area contributed by atoms with Gasteiger partial charge >= 0.3 is 11.8 Å². The van der Waals surface area contributed by atoms with Crippen molar-refractivity contribution in [2.45, 2.75) is 13.5 Å². The summed E-state index contributed by atoms with van der Waals surface area (Å²) in [4.78, 5) is 24.0. The fourth-order valence-corrected chi connectivity index (χ4v) is 3.43. The van der Waals surface area contributed by atoms with Crippen molar-refractivity contribution in [1.82, 2.24) is 5.43 Å². The van der Waals surface area contributed by atoms with Gasteiger partial charge in [-0.3, -0.25) is 9.59 Å².